The molecule has 0 saturated carbocycles. The van der Waals surface area contributed by atoms with Crippen molar-refractivity contribution in [3.8, 4) is 5.75 Å². The molecule has 0 fully saturated rings. The Labute approximate surface area is 187 Å². The number of methoxy groups -OCH3 is 1. The molecular formula is C25H30BrNO3. The number of rotatable bonds is 2. The highest BCUT2D eigenvalue weighted by Gasteiger charge is 2.48. The van der Waals surface area contributed by atoms with Crippen LogP contribution in [0.4, 0.5) is 0 Å². The third kappa shape index (κ3) is 3.45. The molecule has 30 heavy (non-hydrogen) atoms. The lowest BCUT2D eigenvalue weighted by atomic mass is 9.63. The predicted octanol–water partition coefficient (Wildman–Crippen LogP) is 5.77. The first kappa shape index (κ1) is 21.4. The molecule has 4 nitrogen and oxygen atoms in total. The second-order valence-electron chi connectivity index (χ2n) is 10.5. The average Bonchev–Trinajstić information content (AvgIpc) is 2.62. The number of carbonyl (C=O) groups excluding carboxylic acids is 2. The molecule has 0 N–H and O–H groups in total. The lowest BCUT2D eigenvalue weighted by molar-refractivity contribution is -0.119. The molecule has 0 saturated heterocycles. The minimum absolute atomic E-state index is 0.0949. The molecule has 1 aromatic carbocycles. The van der Waals surface area contributed by atoms with Crippen LogP contribution in [-0.2, 0) is 9.59 Å². The minimum Gasteiger partial charge on any atom is -0.496 e. The van der Waals surface area contributed by atoms with Crippen molar-refractivity contribution < 1.29 is 14.3 Å². The van der Waals surface area contributed by atoms with Gasteiger partial charge in [-0.2, -0.15) is 0 Å². The predicted molar refractivity (Wildman–Crippen MR) is 121 cm³/mol. The van der Waals surface area contributed by atoms with Gasteiger partial charge in [-0.1, -0.05) is 43.6 Å². The maximum absolute atomic E-state index is 13.5. The van der Waals surface area contributed by atoms with E-state index in [1.54, 1.807) is 7.11 Å². The summed E-state index contributed by atoms with van der Waals surface area (Å²) < 4.78 is 6.60. The molecule has 0 amide bonds. The summed E-state index contributed by atoms with van der Waals surface area (Å²) in [6.45, 7) is 8.60. The summed E-state index contributed by atoms with van der Waals surface area (Å²) in [6, 6.07) is 5.84. The number of ketones is 2. The lowest BCUT2D eigenvalue weighted by Gasteiger charge is -2.48. The van der Waals surface area contributed by atoms with Gasteiger partial charge in [0.25, 0.3) is 0 Å². The molecule has 0 aromatic heterocycles. The van der Waals surface area contributed by atoms with E-state index in [1.807, 2.05) is 25.2 Å². The van der Waals surface area contributed by atoms with Gasteiger partial charge in [0, 0.05) is 58.4 Å². The second-order valence-corrected chi connectivity index (χ2v) is 11.4. The van der Waals surface area contributed by atoms with Gasteiger partial charge in [0.05, 0.1) is 7.11 Å². The summed E-state index contributed by atoms with van der Waals surface area (Å²) in [5.41, 5.74) is 4.38. The molecule has 0 unspecified atom stereocenters. The normalized spacial score (nSPS) is 23.5. The molecule has 160 valence electrons. The molecule has 1 heterocycles. The van der Waals surface area contributed by atoms with Crippen LogP contribution in [0.1, 0.15) is 64.9 Å². The van der Waals surface area contributed by atoms with Crippen molar-refractivity contribution in [2.45, 2.75) is 59.3 Å². The lowest BCUT2D eigenvalue weighted by Crippen LogP contribution is -2.43. The SMILES string of the molecule is COc1ccc(Br)cc1C1C2=C(CC(C)(C)CC2=O)N(C)C2=C1C(=O)CC(C)(C)C2. The van der Waals surface area contributed by atoms with Crippen LogP contribution in [0.15, 0.2) is 45.2 Å². The van der Waals surface area contributed by atoms with Gasteiger partial charge < -0.3 is 9.64 Å². The number of halogens is 1. The van der Waals surface area contributed by atoms with Crippen molar-refractivity contribution in [2.75, 3.05) is 14.2 Å². The van der Waals surface area contributed by atoms with Crippen molar-refractivity contribution in [3.05, 3.63) is 50.8 Å². The minimum atomic E-state index is -0.370. The molecule has 3 aliphatic rings. The maximum atomic E-state index is 13.5. The topological polar surface area (TPSA) is 46.6 Å². The van der Waals surface area contributed by atoms with E-state index in [-0.39, 0.29) is 28.3 Å². The van der Waals surface area contributed by atoms with Gasteiger partial charge in [0.15, 0.2) is 11.6 Å². The van der Waals surface area contributed by atoms with Gasteiger partial charge in [-0.15, -0.1) is 0 Å². The Kier molecular flexibility index (Phi) is 5.04. The van der Waals surface area contributed by atoms with Gasteiger partial charge in [-0.05, 0) is 41.9 Å². The van der Waals surface area contributed by atoms with Crippen LogP contribution in [0, 0.1) is 10.8 Å². The summed E-state index contributed by atoms with van der Waals surface area (Å²) in [5.74, 6) is 0.626. The van der Waals surface area contributed by atoms with Gasteiger partial charge >= 0.3 is 0 Å². The van der Waals surface area contributed by atoms with Crippen molar-refractivity contribution in [1.82, 2.24) is 4.90 Å². The molecule has 5 heteroatoms. The molecule has 0 bridgehead atoms. The molecule has 1 aliphatic heterocycles. The smallest absolute Gasteiger partial charge is 0.162 e. The fourth-order valence-electron chi connectivity index (χ4n) is 5.41. The molecule has 4 rings (SSSR count). The van der Waals surface area contributed by atoms with Crippen LogP contribution in [0.3, 0.4) is 0 Å². The van der Waals surface area contributed by atoms with Crippen molar-refractivity contribution in [3.63, 3.8) is 0 Å². The first-order chi connectivity index (χ1) is 13.9. The third-order valence-electron chi connectivity index (χ3n) is 6.68. The third-order valence-corrected chi connectivity index (χ3v) is 7.18. The van der Waals surface area contributed by atoms with Crippen LogP contribution >= 0.6 is 15.9 Å². The number of carbonyl (C=O) groups is 2. The monoisotopic (exact) mass is 471 g/mol. The second kappa shape index (κ2) is 7.08. The Hall–Kier alpha value is -1.88. The highest BCUT2D eigenvalue weighted by Crippen LogP contribution is 2.55. The molecule has 1 aromatic rings. The molecule has 2 aliphatic carbocycles. The first-order valence-electron chi connectivity index (χ1n) is 10.5. The number of hydrogen-bond donors (Lipinski definition) is 0. The number of hydrogen-bond acceptors (Lipinski definition) is 4. The zero-order valence-electron chi connectivity index (χ0n) is 18.7. The Bertz CT molecular complexity index is 961. The van der Waals surface area contributed by atoms with E-state index in [4.69, 9.17) is 4.74 Å². The fraction of sp³-hybridized carbons (Fsp3) is 0.520. The average molecular weight is 472 g/mol. The van der Waals surface area contributed by atoms with Crippen molar-refractivity contribution in [2.24, 2.45) is 10.8 Å². The van der Waals surface area contributed by atoms with E-state index in [1.165, 1.54) is 0 Å². The molecular weight excluding hydrogens is 442 g/mol. The Morgan fingerprint density at radius 2 is 1.43 bits per heavy atom. The summed E-state index contributed by atoms with van der Waals surface area (Å²) in [7, 11) is 3.67. The van der Waals surface area contributed by atoms with Crippen LogP contribution < -0.4 is 4.74 Å². The van der Waals surface area contributed by atoms with Gasteiger partial charge in [-0.25, -0.2) is 0 Å². The van der Waals surface area contributed by atoms with Crippen molar-refractivity contribution >= 4 is 27.5 Å². The highest BCUT2D eigenvalue weighted by atomic mass is 79.9. The maximum Gasteiger partial charge on any atom is 0.162 e. The summed E-state index contributed by atoms with van der Waals surface area (Å²) in [5, 5.41) is 0. The van der Waals surface area contributed by atoms with Crippen LogP contribution in [0.5, 0.6) is 5.75 Å². The summed E-state index contributed by atoms with van der Waals surface area (Å²) in [6.07, 6.45) is 2.63. The van der Waals surface area contributed by atoms with Gasteiger partial charge in [0.2, 0.25) is 0 Å². The van der Waals surface area contributed by atoms with E-state index in [2.05, 4.69) is 48.5 Å². The van der Waals surface area contributed by atoms with E-state index in [9.17, 15) is 9.59 Å². The number of ether oxygens (including phenoxy) is 1. The van der Waals surface area contributed by atoms with E-state index in [0.29, 0.717) is 18.6 Å². The number of Topliss-reactive ketones (excluding diaryl/α,β-unsaturated/α-hetero) is 2. The van der Waals surface area contributed by atoms with Crippen LogP contribution in [0.25, 0.3) is 0 Å². The van der Waals surface area contributed by atoms with Crippen LogP contribution in [-0.4, -0.2) is 30.6 Å². The van der Waals surface area contributed by atoms with Gasteiger partial charge in [0.1, 0.15) is 5.75 Å². The largest absolute Gasteiger partial charge is 0.496 e. The van der Waals surface area contributed by atoms with E-state index in [0.717, 1.165) is 45.4 Å². The fourth-order valence-corrected chi connectivity index (χ4v) is 5.79. The molecule has 0 radical (unpaired) electrons. The van der Waals surface area contributed by atoms with E-state index >= 15 is 0 Å². The highest BCUT2D eigenvalue weighted by molar-refractivity contribution is 9.10. The number of benzene rings is 1. The zero-order valence-corrected chi connectivity index (χ0v) is 20.3. The van der Waals surface area contributed by atoms with E-state index < -0.39 is 0 Å². The summed E-state index contributed by atoms with van der Waals surface area (Å²) in [4.78, 5) is 29.1. The Morgan fingerprint density at radius 3 is 1.90 bits per heavy atom. The summed E-state index contributed by atoms with van der Waals surface area (Å²) >= 11 is 3.58. The first-order valence-corrected chi connectivity index (χ1v) is 11.3. The molecule has 0 atom stereocenters. The zero-order chi connectivity index (χ0) is 22.0. The Balaban J connectivity index is 2.02. The quantitative estimate of drug-likeness (QED) is 0.548. The number of allylic oxidation sites excluding steroid dienone is 4. The van der Waals surface area contributed by atoms with Crippen molar-refractivity contribution in [1.29, 1.82) is 0 Å². The Morgan fingerprint density at radius 1 is 0.933 bits per heavy atom. The standard InChI is InChI=1S/C25H30BrNO3/c1-24(2)10-16-22(18(28)12-24)21(15-9-14(26)7-8-20(15)30-6)23-17(27(16)5)11-25(3,4)13-19(23)29/h7-9,21H,10-13H2,1-6H3. The van der Waals surface area contributed by atoms with Crippen LogP contribution in [0.2, 0.25) is 0 Å². The molecule has 0 spiro atoms. The number of nitrogens with zero attached hydrogens (tertiary/aromatic N) is 1. The van der Waals surface area contributed by atoms with Gasteiger partial charge in [-0.3, -0.25) is 9.59 Å².